The van der Waals surface area contributed by atoms with Crippen LogP contribution in [0.5, 0.6) is 11.5 Å². The molecule has 34 heavy (non-hydrogen) atoms. The summed E-state index contributed by atoms with van der Waals surface area (Å²) in [6, 6.07) is 5.15. The van der Waals surface area contributed by atoms with Crippen LogP contribution in [0.2, 0.25) is 0 Å². The van der Waals surface area contributed by atoms with Gasteiger partial charge in [0.25, 0.3) is 0 Å². The predicted molar refractivity (Wildman–Crippen MR) is 130 cm³/mol. The molecule has 0 aromatic heterocycles. The maximum atomic E-state index is 12.8. The van der Waals surface area contributed by atoms with E-state index < -0.39 is 11.7 Å². The number of hydrogen-bond acceptors (Lipinski definition) is 6. The number of nitrogens with two attached hydrogens (primary N) is 2. The van der Waals surface area contributed by atoms with E-state index in [1.165, 1.54) is 20.1 Å². The number of alkyl halides is 3. The van der Waals surface area contributed by atoms with Gasteiger partial charge in [0.2, 0.25) is 0 Å². The van der Waals surface area contributed by atoms with E-state index in [0.717, 1.165) is 18.3 Å². The number of allylic oxidation sites excluding steroid dienone is 5. The number of likely N-dealkylation sites (N-methyl/N-ethyl adjacent to an activating group) is 1. The summed E-state index contributed by atoms with van der Waals surface area (Å²) in [4.78, 5) is 2.15. The Bertz CT molecular complexity index is 994. The van der Waals surface area contributed by atoms with E-state index in [4.69, 9.17) is 20.9 Å². The second kappa shape index (κ2) is 12.1. The lowest BCUT2D eigenvalue weighted by molar-refractivity contribution is -0.0935. The Hall–Kier alpha value is -3.49. The zero-order valence-corrected chi connectivity index (χ0v) is 19.9. The summed E-state index contributed by atoms with van der Waals surface area (Å²) in [7, 11) is 3.54. The van der Waals surface area contributed by atoms with Gasteiger partial charge in [-0.05, 0) is 37.6 Å². The van der Waals surface area contributed by atoms with Gasteiger partial charge in [-0.3, -0.25) is 0 Å². The summed E-state index contributed by atoms with van der Waals surface area (Å²) in [6.07, 6.45) is 5.56. The second-order valence-electron chi connectivity index (χ2n) is 7.82. The van der Waals surface area contributed by atoms with Gasteiger partial charge in [-0.1, -0.05) is 25.2 Å². The van der Waals surface area contributed by atoms with Crippen molar-refractivity contribution in [1.29, 1.82) is 0 Å². The first-order valence-corrected chi connectivity index (χ1v) is 10.9. The minimum Gasteiger partial charge on any atom is -0.496 e. The molecule has 0 saturated heterocycles. The first-order chi connectivity index (χ1) is 16.1. The quantitative estimate of drug-likeness (QED) is 0.431. The van der Waals surface area contributed by atoms with Crippen LogP contribution in [0.15, 0.2) is 71.7 Å². The van der Waals surface area contributed by atoms with E-state index in [-0.39, 0.29) is 24.8 Å². The van der Waals surface area contributed by atoms with Crippen molar-refractivity contribution in [3.8, 4) is 11.5 Å². The third-order valence-electron chi connectivity index (χ3n) is 5.29. The molecule has 1 aliphatic heterocycles. The highest BCUT2D eigenvalue weighted by Crippen LogP contribution is 2.29. The molecule has 0 spiro atoms. The maximum absolute atomic E-state index is 12.8. The molecule has 1 aromatic carbocycles. The van der Waals surface area contributed by atoms with E-state index in [9.17, 15) is 13.2 Å². The summed E-state index contributed by atoms with van der Waals surface area (Å²) < 4.78 is 49.5. The fraction of sp³-hybridized carbons (Fsp3) is 0.360. The van der Waals surface area contributed by atoms with Gasteiger partial charge in [-0.15, -0.1) is 0 Å². The van der Waals surface area contributed by atoms with E-state index in [0.29, 0.717) is 22.8 Å². The second-order valence-corrected chi connectivity index (χ2v) is 7.82. The minimum atomic E-state index is -4.38. The van der Waals surface area contributed by atoms with Crippen LogP contribution >= 0.6 is 0 Å². The Labute approximate surface area is 199 Å². The lowest BCUT2D eigenvalue weighted by atomic mass is 10.1. The summed E-state index contributed by atoms with van der Waals surface area (Å²) >= 11 is 0. The van der Waals surface area contributed by atoms with Crippen molar-refractivity contribution in [2.24, 2.45) is 11.5 Å². The number of hydrogen-bond donors (Lipinski definition) is 3. The van der Waals surface area contributed by atoms with Gasteiger partial charge < -0.3 is 31.2 Å². The van der Waals surface area contributed by atoms with E-state index in [2.05, 4.69) is 22.4 Å². The minimum absolute atomic E-state index is 0.0523. The molecule has 0 amide bonds. The third-order valence-corrected chi connectivity index (χ3v) is 5.29. The van der Waals surface area contributed by atoms with Crippen LogP contribution in [-0.4, -0.2) is 44.4 Å². The molecule has 0 aliphatic carbocycles. The smallest absolute Gasteiger partial charge is 0.412 e. The highest BCUT2D eigenvalue weighted by Gasteiger charge is 2.31. The standard InChI is InChI=1S/C25H33F3N4O2/c1-5-18(25(26,27)28)9-10-19(29)16-34-20-11-12-21(24(14-20)33-4)22(30)15-31-17(2)23-8-6-7-13-32(23)3/h6-12,14-15,17,31H,5,13,16,29-30H2,1-4H3/b18-9+,19-10-,22-15-. The topological polar surface area (TPSA) is 85.8 Å². The molecule has 5 N–H and O–H groups in total. The number of benzene rings is 1. The lowest BCUT2D eigenvalue weighted by Crippen LogP contribution is -2.34. The average molecular weight is 479 g/mol. The molecule has 1 aromatic rings. The highest BCUT2D eigenvalue weighted by molar-refractivity contribution is 5.69. The van der Waals surface area contributed by atoms with Crippen LogP contribution in [0.1, 0.15) is 25.8 Å². The molecule has 6 nitrogen and oxygen atoms in total. The predicted octanol–water partition coefficient (Wildman–Crippen LogP) is 4.44. The van der Waals surface area contributed by atoms with Crippen molar-refractivity contribution in [2.75, 3.05) is 27.3 Å². The van der Waals surface area contributed by atoms with Gasteiger partial charge in [0.05, 0.1) is 18.8 Å². The Morgan fingerprint density at radius 1 is 1.26 bits per heavy atom. The summed E-state index contributed by atoms with van der Waals surface area (Å²) in [5.41, 5.74) is 13.9. The molecule has 186 valence electrons. The Kier molecular flexibility index (Phi) is 9.53. The molecule has 1 heterocycles. The van der Waals surface area contributed by atoms with Crippen LogP contribution in [0, 0.1) is 0 Å². The molecular formula is C25H33F3N4O2. The van der Waals surface area contributed by atoms with Gasteiger partial charge in [-0.2, -0.15) is 13.2 Å². The van der Waals surface area contributed by atoms with Gasteiger partial charge in [0.1, 0.15) is 18.1 Å². The number of rotatable bonds is 10. The lowest BCUT2D eigenvalue weighted by Gasteiger charge is -2.28. The van der Waals surface area contributed by atoms with Crippen molar-refractivity contribution in [1.82, 2.24) is 10.2 Å². The summed E-state index contributed by atoms with van der Waals surface area (Å²) in [5, 5.41) is 3.30. The molecule has 1 aliphatic rings. The van der Waals surface area contributed by atoms with Crippen molar-refractivity contribution >= 4 is 5.70 Å². The molecule has 2 rings (SSSR count). The molecule has 0 bridgehead atoms. The first-order valence-electron chi connectivity index (χ1n) is 10.9. The summed E-state index contributed by atoms with van der Waals surface area (Å²) in [6.45, 7) is 4.26. The zero-order valence-electron chi connectivity index (χ0n) is 19.9. The Morgan fingerprint density at radius 3 is 2.62 bits per heavy atom. The zero-order chi connectivity index (χ0) is 25.3. The fourth-order valence-corrected chi connectivity index (χ4v) is 3.31. The normalized spacial score (nSPS) is 16.3. The average Bonchev–Trinajstić information content (AvgIpc) is 2.80. The van der Waals surface area contributed by atoms with E-state index in [1.807, 2.05) is 20.0 Å². The maximum Gasteiger partial charge on any atom is 0.412 e. The Morgan fingerprint density at radius 2 is 2.00 bits per heavy atom. The molecule has 1 atom stereocenters. The molecular weight excluding hydrogens is 445 g/mol. The summed E-state index contributed by atoms with van der Waals surface area (Å²) in [5.74, 6) is 0.938. The van der Waals surface area contributed by atoms with Crippen LogP contribution in [0.3, 0.4) is 0 Å². The fourth-order valence-electron chi connectivity index (χ4n) is 3.31. The molecule has 0 fully saturated rings. The SMILES string of the molecule is CC/C(=C\C=C(/N)COc1ccc(/C(N)=C/NC(C)C2=CC=CCN2C)c(OC)c1)C(F)(F)F. The first kappa shape index (κ1) is 26.8. The highest BCUT2D eigenvalue weighted by atomic mass is 19.4. The van der Waals surface area contributed by atoms with Crippen molar-refractivity contribution < 1.29 is 22.6 Å². The largest absolute Gasteiger partial charge is 0.496 e. The number of nitrogens with zero attached hydrogens (tertiary/aromatic N) is 1. The van der Waals surface area contributed by atoms with Gasteiger partial charge >= 0.3 is 6.18 Å². The van der Waals surface area contributed by atoms with Crippen molar-refractivity contribution in [3.63, 3.8) is 0 Å². The molecule has 9 heteroatoms. The van der Waals surface area contributed by atoms with E-state index >= 15 is 0 Å². The number of nitrogens with one attached hydrogen (secondary N) is 1. The number of ether oxygens (including phenoxy) is 2. The van der Waals surface area contributed by atoms with Gasteiger partial charge in [-0.25, -0.2) is 0 Å². The van der Waals surface area contributed by atoms with Gasteiger partial charge in [0, 0.05) is 48.4 Å². The Balaban J connectivity index is 2.06. The monoisotopic (exact) mass is 478 g/mol. The van der Waals surface area contributed by atoms with Crippen LogP contribution < -0.4 is 26.3 Å². The molecule has 0 radical (unpaired) electrons. The van der Waals surface area contributed by atoms with E-state index in [1.54, 1.807) is 24.4 Å². The molecule has 0 saturated carbocycles. The van der Waals surface area contributed by atoms with Crippen LogP contribution in [0.25, 0.3) is 5.70 Å². The third kappa shape index (κ3) is 7.54. The van der Waals surface area contributed by atoms with Gasteiger partial charge in [0.15, 0.2) is 0 Å². The van der Waals surface area contributed by atoms with Crippen LogP contribution in [0.4, 0.5) is 13.2 Å². The van der Waals surface area contributed by atoms with Crippen molar-refractivity contribution in [3.05, 3.63) is 77.3 Å². The molecule has 1 unspecified atom stereocenters. The number of halogens is 3. The number of methoxy groups -OCH3 is 1. The van der Waals surface area contributed by atoms with Crippen molar-refractivity contribution in [2.45, 2.75) is 32.5 Å². The van der Waals surface area contributed by atoms with Crippen LogP contribution in [-0.2, 0) is 0 Å².